The number of thiophene rings is 1. The molecular weight excluding hydrogens is 394 g/mol. The van der Waals surface area contributed by atoms with Crippen LogP contribution in [-0.2, 0) is 11.3 Å². The fraction of sp³-hybridized carbons (Fsp3) is 0.391. The lowest BCUT2D eigenvalue weighted by molar-refractivity contribution is 0.0177. The molecule has 4 rings (SSSR count). The van der Waals surface area contributed by atoms with Crippen molar-refractivity contribution in [3.05, 3.63) is 64.5 Å². The average Bonchev–Trinajstić information content (AvgIpc) is 3.33. The summed E-state index contributed by atoms with van der Waals surface area (Å²) in [6.07, 6.45) is 1.86. The Balaban J connectivity index is 1.47. The summed E-state index contributed by atoms with van der Waals surface area (Å²) in [6.45, 7) is 7.85. The number of para-hydroxylation sites is 1. The molecule has 2 N–H and O–H groups in total. The Hall–Kier alpha value is -2.48. The molecule has 1 unspecified atom stereocenters. The van der Waals surface area contributed by atoms with Gasteiger partial charge in [-0.05, 0) is 36.1 Å². The highest BCUT2D eigenvalue weighted by Gasteiger charge is 2.23. The largest absolute Gasteiger partial charge is 0.379 e. The van der Waals surface area contributed by atoms with Crippen LogP contribution in [0.5, 0.6) is 0 Å². The molecule has 0 saturated carbocycles. The third-order valence-corrected chi connectivity index (χ3v) is 6.29. The standard InChI is InChI=1S/C23H29N5OS/c1-2-24-23(26-16-18-9-10-25-20-7-4-3-6-19(18)20)27-17-21(22-8-5-15-30-22)28-11-13-29-14-12-28/h3-10,15,21H,2,11-14,16-17H2,1H3,(H2,24,26,27). The van der Waals surface area contributed by atoms with Gasteiger partial charge in [0.05, 0.1) is 31.3 Å². The van der Waals surface area contributed by atoms with Crippen molar-refractivity contribution in [2.45, 2.75) is 19.5 Å². The zero-order chi connectivity index (χ0) is 20.6. The zero-order valence-corrected chi connectivity index (χ0v) is 18.2. The van der Waals surface area contributed by atoms with Crippen molar-refractivity contribution in [3.8, 4) is 0 Å². The molecule has 0 aliphatic carbocycles. The van der Waals surface area contributed by atoms with Gasteiger partial charge in [0.15, 0.2) is 5.96 Å². The van der Waals surface area contributed by atoms with Gasteiger partial charge in [-0.2, -0.15) is 0 Å². The van der Waals surface area contributed by atoms with Crippen LogP contribution in [0.15, 0.2) is 59.0 Å². The van der Waals surface area contributed by atoms with E-state index in [9.17, 15) is 0 Å². The Bertz CT molecular complexity index is 948. The molecule has 0 radical (unpaired) electrons. The fourth-order valence-electron chi connectivity index (χ4n) is 3.77. The number of aliphatic imine (C=N–C) groups is 1. The molecule has 6 nitrogen and oxygen atoms in total. The molecule has 0 spiro atoms. The fourth-order valence-corrected chi connectivity index (χ4v) is 4.63. The lowest BCUT2D eigenvalue weighted by Crippen LogP contribution is -2.46. The molecule has 3 heterocycles. The summed E-state index contributed by atoms with van der Waals surface area (Å²) in [5, 5.41) is 10.3. The van der Waals surface area contributed by atoms with E-state index in [1.54, 1.807) is 0 Å². The molecule has 1 aliphatic rings. The van der Waals surface area contributed by atoms with Crippen LogP contribution in [0, 0.1) is 0 Å². The second-order valence-electron chi connectivity index (χ2n) is 7.24. The van der Waals surface area contributed by atoms with Crippen LogP contribution < -0.4 is 10.6 Å². The van der Waals surface area contributed by atoms with E-state index in [0.717, 1.165) is 56.3 Å². The smallest absolute Gasteiger partial charge is 0.191 e. The summed E-state index contributed by atoms with van der Waals surface area (Å²) in [7, 11) is 0. The van der Waals surface area contributed by atoms with Gasteiger partial charge < -0.3 is 15.4 Å². The van der Waals surface area contributed by atoms with Crippen molar-refractivity contribution >= 4 is 28.2 Å². The number of fused-ring (bicyclic) bond motifs is 1. The number of guanidine groups is 1. The minimum absolute atomic E-state index is 0.319. The SMILES string of the molecule is CCNC(=NCc1ccnc2ccccc12)NCC(c1cccs1)N1CCOCC1. The number of aromatic nitrogens is 1. The molecule has 30 heavy (non-hydrogen) atoms. The number of benzene rings is 1. The summed E-state index contributed by atoms with van der Waals surface area (Å²) in [4.78, 5) is 13.2. The Morgan fingerprint density at radius 1 is 1.17 bits per heavy atom. The first kappa shape index (κ1) is 20.8. The lowest BCUT2D eigenvalue weighted by Gasteiger charge is -2.34. The van der Waals surface area contributed by atoms with Crippen LogP contribution in [0.25, 0.3) is 10.9 Å². The minimum atomic E-state index is 0.319. The van der Waals surface area contributed by atoms with Crippen LogP contribution in [0.4, 0.5) is 0 Å². The number of pyridine rings is 1. The molecule has 3 aromatic rings. The lowest BCUT2D eigenvalue weighted by atomic mass is 10.1. The van der Waals surface area contributed by atoms with E-state index in [1.807, 2.05) is 29.7 Å². The number of ether oxygens (including phenoxy) is 1. The minimum Gasteiger partial charge on any atom is -0.379 e. The highest BCUT2D eigenvalue weighted by atomic mass is 32.1. The highest BCUT2D eigenvalue weighted by Crippen LogP contribution is 2.25. The highest BCUT2D eigenvalue weighted by molar-refractivity contribution is 7.10. The summed E-state index contributed by atoms with van der Waals surface area (Å²) >= 11 is 1.81. The first-order chi connectivity index (χ1) is 14.8. The van der Waals surface area contributed by atoms with Crippen molar-refractivity contribution in [2.24, 2.45) is 4.99 Å². The topological polar surface area (TPSA) is 61.8 Å². The molecule has 1 aliphatic heterocycles. The van der Waals surface area contributed by atoms with Crippen molar-refractivity contribution in [2.75, 3.05) is 39.4 Å². The molecule has 2 aromatic heterocycles. The molecule has 0 bridgehead atoms. The van der Waals surface area contributed by atoms with Gasteiger partial charge in [-0.3, -0.25) is 9.88 Å². The maximum atomic E-state index is 5.55. The number of nitrogens with zero attached hydrogens (tertiary/aromatic N) is 3. The molecular formula is C23H29N5OS. The average molecular weight is 424 g/mol. The quantitative estimate of drug-likeness (QED) is 0.450. The summed E-state index contributed by atoms with van der Waals surface area (Å²) in [5.74, 6) is 0.841. The van der Waals surface area contributed by atoms with Gasteiger partial charge in [-0.25, -0.2) is 4.99 Å². The number of rotatable bonds is 7. The van der Waals surface area contributed by atoms with E-state index in [-0.39, 0.29) is 0 Å². The van der Waals surface area contributed by atoms with Gasteiger partial charge in [0.25, 0.3) is 0 Å². The van der Waals surface area contributed by atoms with Crippen molar-refractivity contribution in [1.29, 1.82) is 0 Å². The van der Waals surface area contributed by atoms with Gasteiger partial charge in [0.2, 0.25) is 0 Å². The molecule has 1 saturated heterocycles. The Morgan fingerprint density at radius 2 is 2.03 bits per heavy atom. The maximum Gasteiger partial charge on any atom is 0.191 e. The molecule has 1 fully saturated rings. The third-order valence-electron chi connectivity index (χ3n) is 5.31. The zero-order valence-electron chi connectivity index (χ0n) is 17.4. The Kier molecular flexibility index (Phi) is 7.29. The summed E-state index contributed by atoms with van der Waals surface area (Å²) in [6, 6.07) is 14.9. The maximum absolute atomic E-state index is 5.55. The van der Waals surface area contributed by atoms with Gasteiger partial charge in [0.1, 0.15) is 0 Å². The summed E-state index contributed by atoms with van der Waals surface area (Å²) < 4.78 is 5.55. The van der Waals surface area contributed by atoms with Gasteiger partial charge in [-0.15, -0.1) is 11.3 Å². The van der Waals surface area contributed by atoms with E-state index < -0.39 is 0 Å². The van der Waals surface area contributed by atoms with Gasteiger partial charge >= 0.3 is 0 Å². The van der Waals surface area contributed by atoms with Crippen molar-refractivity contribution in [3.63, 3.8) is 0 Å². The molecule has 0 amide bonds. The van der Waals surface area contributed by atoms with Crippen LogP contribution in [-0.4, -0.2) is 55.2 Å². The second kappa shape index (κ2) is 10.5. The van der Waals surface area contributed by atoms with Crippen LogP contribution >= 0.6 is 11.3 Å². The van der Waals surface area contributed by atoms with E-state index in [4.69, 9.17) is 9.73 Å². The monoisotopic (exact) mass is 423 g/mol. The number of hydrogen-bond acceptors (Lipinski definition) is 5. The van der Waals surface area contributed by atoms with Gasteiger partial charge in [-0.1, -0.05) is 24.3 Å². The first-order valence-corrected chi connectivity index (χ1v) is 11.4. The molecule has 1 aromatic carbocycles. The molecule has 7 heteroatoms. The van der Waals surface area contributed by atoms with E-state index in [0.29, 0.717) is 12.6 Å². The van der Waals surface area contributed by atoms with E-state index in [1.165, 1.54) is 10.4 Å². The normalized spacial score (nSPS) is 16.5. The van der Waals surface area contributed by atoms with E-state index in [2.05, 4.69) is 63.2 Å². The van der Waals surface area contributed by atoms with Crippen molar-refractivity contribution < 1.29 is 4.74 Å². The van der Waals surface area contributed by atoms with Crippen LogP contribution in [0.1, 0.15) is 23.4 Å². The van der Waals surface area contributed by atoms with Crippen molar-refractivity contribution in [1.82, 2.24) is 20.5 Å². The van der Waals surface area contributed by atoms with E-state index >= 15 is 0 Å². The molecule has 1 atom stereocenters. The third kappa shape index (κ3) is 5.16. The van der Waals surface area contributed by atoms with Crippen LogP contribution in [0.3, 0.4) is 0 Å². The number of nitrogens with one attached hydrogen (secondary N) is 2. The number of hydrogen-bond donors (Lipinski definition) is 2. The first-order valence-electron chi connectivity index (χ1n) is 10.5. The predicted octanol–water partition coefficient (Wildman–Crippen LogP) is 3.42. The van der Waals surface area contributed by atoms with Gasteiger partial charge in [0, 0.05) is 42.6 Å². The second-order valence-corrected chi connectivity index (χ2v) is 8.22. The predicted molar refractivity (Wildman–Crippen MR) is 124 cm³/mol. The Labute approximate surface area is 182 Å². The van der Waals surface area contributed by atoms with Crippen LogP contribution in [0.2, 0.25) is 0 Å². The Morgan fingerprint density at radius 3 is 2.83 bits per heavy atom. The number of morpholine rings is 1. The molecule has 158 valence electrons. The summed E-state index contributed by atoms with van der Waals surface area (Å²) in [5.41, 5.74) is 2.19.